The normalized spacial score (nSPS) is 9.65. The molecule has 0 atom stereocenters. The van der Waals surface area contributed by atoms with Crippen LogP contribution in [0.3, 0.4) is 0 Å². The zero-order valence-electron chi connectivity index (χ0n) is 13.7. The van der Waals surface area contributed by atoms with Crippen molar-refractivity contribution in [1.82, 2.24) is 0 Å². The zero-order valence-corrected chi connectivity index (χ0v) is 17.5. The molecule has 0 aliphatic heterocycles. The predicted molar refractivity (Wildman–Crippen MR) is 88.8 cm³/mol. The summed E-state index contributed by atoms with van der Waals surface area (Å²) < 4.78 is 11.2. The van der Waals surface area contributed by atoms with Crippen LogP contribution in [0.1, 0.15) is 19.4 Å². The van der Waals surface area contributed by atoms with E-state index in [1.807, 2.05) is 19.9 Å². The van der Waals surface area contributed by atoms with Gasteiger partial charge in [-0.3, -0.25) is 0 Å². The average Bonchev–Trinajstić information content (AvgIpc) is 2.52. The molecule has 4 nitrogen and oxygen atoms in total. The summed E-state index contributed by atoms with van der Waals surface area (Å²) in [7, 11) is 0. The van der Waals surface area contributed by atoms with Crippen LogP contribution in [0.4, 0.5) is 5.69 Å². The van der Waals surface area contributed by atoms with Crippen molar-refractivity contribution in [2.45, 2.75) is 30.6 Å². The van der Waals surface area contributed by atoms with Crippen LogP contribution in [0.5, 0.6) is 11.5 Å². The Morgan fingerprint density at radius 2 is 1.61 bits per heavy atom. The Morgan fingerprint density at radius 1 is 1.00 bits per heavy atom. The molecular formula is C17H19N2O2SZn+. The van der Waals surface area contributed by atoms with Crippen molar-refractivity contribution in [2.24, 2.45) is 0 Å². The van der Waals surface area contributed by atoms with E-state index in [0.29, 0.717) is 30.4 Å². The first kappa shape index (κ1) is 19.5. The van der Waals surface area contributed by atoms with Crippen molar-refractivity contribution in [2.75, 3.05) is 13.2 Å². The Kier molecular flexibility index (Phi) is 8.08. The molecule has 0 aliphatic carbocycles. The second-order valence-electron chi connectivity index (χ2n) is 4.65. The second-order valence-corrected chi connectivity index (χ2v) is 5.76. The minimum absolute atomic E-state index is 0. The summed E-state index contributed by atoms with van der Waals surface area (Å²) in [5.41, 5.74) is 1.59. The SMILES string of the molecule is CCOc1cc(Sc2ccc(C)cc2)c(OCC)cc1[N+]#N.[Zn]. The van der Waals surface area contributed by atoms with E-state index in [-0.39, 0.29) is 19.5 Å². The molecule has 0 amide bonds. The van der Waals surface area contributed by atoms with Gasteiger partial charge in [-0.1, -0.05) is 29.5 Å². The second kappa shape index (κ2) is 9.55. The first-order chi connectivity index (χ1) is 10.7. The Labute approximate surface area is 154 Å². The molecular weight excluding hydrogens is 362 g/mol. The van der Waals surface area contributed by atoms with Crippen LogP contribution < -0.4 is 9.47 Å². The molecule has 0 fully saturated rings. The largest absolute Gasteiger partial charge is 0.492 e. The number of diazo groups is 1. The number of hydrogen-bond acceptors (Lipinski definition) is 4. The molecule has 0 radical (unpaired) electrons. The van der Waals surface area contributed by atoms with Crippen LogP contribution in [0.2, 0.25) is 0 Å². The Hall–Kier alpha value is -1.57. The van der Waals surface area contributed by atoms with Gasteiger partial charge in [-0.15, -0.1) is 0 Å². The summed E-state index contributed by atoms with van der Waals surface area (Å²) in [4.78, 5) is 5.32. The van der Waals surface area contributed by atoms with Gasteiger partial charge in [0, 0.05) is 30.4 Å². The van der Waals surface area contributed by atoms with Crippen LogP contribution >= 0.6 is 11.8 Å². The molecule has 23 heavy (non-hydrogen) atoms. The molecule has 2 rings (SSSR count). The first-order valence-corrected chi connectivity index (χ1v) is 8.02. The summed E-state index contributed by atoms with van der Waals surface area (Å²) in [6.45, 7) is 6.92. The fourth-order valence-electron chi connectivity index (χ4n) is 1.96. The minimum atomic E-state index is 0. The molecule has 0 unspecified atom stereocenters. The molecule has 0 bridgehead atoms. The molecule has 6 heteroatoms. The van der Waals surface area contributed by atoms with E-state index < -0.39 is 0 Å². The van der Waals surface area contributed by atoms with Gasteiger partial charge in [0.25, 0.3) is 0 Å². The number of nitrogens with zero attached hydrogens (tertiary/aromatic N) is 2. The standard InChI is InChI=1S/C17H19N2O2S.Zn/c1-4-20-15-11-17(16(21-5-2)10-14(15)19-18)22-13-8-6-12(3)7-9-13;/h6-11H,4-5H2,1-3H3;/q+1;. The number of hydrogen-bond donors (Lipinski definition) is 0. The van der Waals surface area contributed by atoms with Crippen LogP contribution in [0.15, 0.2) is 46.2 Å². The Morgan fingerprint density at radius 3 is 2.17 bits per heavy atom. The molecule has 0 heterocycles. The van der Waals surface area contributed by atoms with E-state index >= 15 is 0 Å². The quantitative estimate of drug-likeness (QED) is 0.495. The van der Waals surface area contributed by atoms with Crippen LogP contribution in [0, 0.1) is 12.3 Å². The molecule has 2 aromatic carbocycles. The molecule has 0 N–H and O–H groups in total. The number of ether oxygens (including phenoxy) is 2. The summed E-state index contributed by atoms with van der Waals surface area (Å²) in [5.74, 6) is 1.23. The topological polar surface area (TPSA) is 46.6 Å². The third-order valence-corrected chi connectivity index (χ3v) is 4.03. The number of rotatable bonds is 6. The molecule has 0 saturated heterocycles. The van der Waals surface area contributed by atoms with Gasteiger partial charge in [-0.2, -0.15) is 0 Å². The first-order valence-electron chi connectivity index (χ1n) is 7.21. The van der Waals surface area contributed by atoms with Crippen molar-refractivity contribution < 1.29 is 29.0 Å². The van der Waals surface area contributed by atoms with Crippen LogP contribution in [0.25, 0.3) is 4.98 Å². The molecule has 0 aliphatic rings. The monoisotopic (exact) mass is 379 g/mol. The fraction of sp³-hybridized carbons (Fsp3) is 0.294. The maximum atomic E-state index is 9.13. The van der Waals surface area contributed by atoms with Crippen molar-refractivity contribution in [3.05, 3.63) is 46.9 Å². The maximum absolute atomic E-state index is 9.13. The van der Waals surface area contributed by atoms with Crippen molar-refractivity contribution in [3.63, 3.8) is 0 Å². The van der Waals surface area contributed by atoms with E-state index in [0.717, 1.165) is 9.79 Å². The van der Waals surface area contributed by atoms with Gasteiger partial charge >= 0.3 is 5.69 Å². The minimum Gasteiger partial charge on any atom is -0.492 e. The van der Waals surface area contributed by atoms with E-state index in [1.165, 1.54) is 5.56 Å². The van der Waals surface area contributed by atoms with Crippen molar-refractivity contribution in [1.29, 1.82) is 5.39 Å². The molecule has 0 spiro atoms. The van der Waals surface area contributed by atoms with Gasteiger partial charge in [-0.25, -0.2) is 0 Å². The van der Waals surface area contributed by atoms with Gasteiger partial charge in [0.15, 0.2) is 4.98 Å². The van der Waals surface area contributed by atoms with E-state index in [4.69, 9.17) is 14.9 Å². The summed E-state index contributed by atoms with van der Waals surface area (Å²) in [5, 5.41) is 9.13. The molecule has 2 aromatic rings. The summed E-state index contributed by atoms with van der Waals surface area (Å²) >= 11 is 1.59. The van der Waals surface area contributed by atoms with Gasteiger partial charge < -0.3 is 9.47 Å². The van der Waals surface area contributed by atoms with Crippen LogP contribution in [-0.2, 0) is 19.5 Å². The van der Waals surface area contributed by atoms with Crippen molar-refractivity contribution in [3.8, 4) is 11.5 Å². The zero-order chi connectivity index (χ0) is 15.9. The Balaban J connectivity index is 0.00000264. The Bertz CT molecular complexity index is 684. The van der Waals surface area contributed by atoms with Gasteiger partial charge in [-0.05, 0) is 32.9 Å². The van der Waals surface area contributed by atoms with Gasteiger partial charge in [0.1, 0.15) is 5.75 Å². The smallest absolute Gasteiger partial charge is 0.430 e. The summed E-state index contributed by atoms with van der Waals surface area (Å²) in [6, 6.07) is 11.8. The van der Waals surface area contributed by atoms with Gasteiger partial charge in [0.05, 0.1) is 24.2 Å². The van der Waals surface area contributed by atoms with Crippen LogP contribution in [-0.4, -0.2) is 13.2 Å². The summed E-state index contributed by atoms with van der Waals surface area (Å²) in [6.07, 6.45) is 0. The average molecular weight is 381 g/mol. The van der Waals surface area contributed by atoms with Crippen molar-refractivity contribution >= 4 is 17.4 Å². The van der Waals surface area contributed by atoms with E-state index in [9.17, 15) is 0 Å². The predicted octanol–water partition coefficient (Wildman–Crippen LogP) is 5.43. The molecule has 116 valence electrons. The number of aryl methyl sites for hydroxylation is 1. The fourth-order valence-corrected chi connectivity index (χ4v) is 2.87. The molecule has 0 aromatic heterocycles. The third-order valence-electron chi connectivity index (χ3n) is 2.98. The maximum Gasteiger partial charge on any atom is 0.430 e. The molecule has 0 saturated carbocycles. The van der Waals surface area contributed by atoms with Gasteiger partial charge in [0.2, 0.25) is 11.1 Å². The van der Waals surface area contributed by atoms with E-state index in [2.05, 4.69) is 36.2 Å². The van der Waals surface area contributed by atoms with E-state index in [1.54, 1.807) is 17.8 Å². The number of benzene rings is 2. The third kappa shape index (κ3) is 5.23.